The number of hydrogen-bond acceptors (Lipinski definition) is 3. The van der Waals surface area contributed by atoms with Crippen LogP contribution in [0.4, 0.5) is 0 Å². The Morgan fingerprint density at radius 2 is 2.29 bits per heavy atom. The largest absolute Gasteiger partial charge is 0.483 e. The molecule has 6 heteroatoms. The van der Waals surface area contributed by atoms with E-state index in [1.54, 1.807) is 30.6 Å². The smallest absolute Gasteiger partial charge is 0.258 e. The predicted octanol–water partition coefficient (Wildman–Crippen LogP) is 3.75. The zero-order valence-electron chi connectivity index (χ0n) is 11.3. The highest BCUT2D eigenvalue weighted by atomic mass is 79.9. The minimum atomic E-state index is -0.201. The first-order valence-electron chi connectivity index (χ1n) is 6.33. The summed E-state index contributed by atoms with van der Waals surface area (Å²) < 4.78 is 6.17. The number of carbonyl (C=O) groups excluding carboxylic acids is 1. The van der Waals surface area contributed by atoms with Crippen molar-refractivity contribution in [2.45, 2.75) is 13.0 Å². The van der Waals surface area contributed by atoms with Gasteiger partial charge in [0.25, 0.3) is 5.91 Å². The lowest BCUT2D eigenvalue weighted by Crippen LogP contribution is -2.31. The summed E-state index contributed by atoms with van der Waals surface area (Å²) in [5, 5.41) is 3.45. The Bertz CT molecular complexity index is 622. The summed E-state index contributed by atoms with van der Waals surface area (Å²) in [7, 11) is 0. The standard InChI is InChI=1S/C15H14BrClN2O2/c1-10(11-3-2-6-18-8-11)19-15(20)9-21-14-5-4-12(17)7-13(14)16/h2-8,10H,9H2,1H3,(H,19,20). The van der Waals surface area contributed by atoms with Crippen LogP contribution in [0.25, 0.3) is 0 Å². The van der Waals surface area contributed by atoms with Gasteiger partial charge in [-0.3, -0.25) is 9.78 Å². The molecule has 0 saturated heterocycles. The Morgan fingerprint density at radius 3 is 2.95 bits per heavy atom. The molecule has 4 nitrogen and oxygen atoms in total. The van der Waals surface area contributed by atoms with Gasteiger partial charge in [0.1, 0.15) is 5.75 Å². The molecule has 1 aromatic heterocycles. The highest BCUT2D eigenvalue weighted by molar-refractivity contribution is 9.10. The van der Waals surface area contributed by atoms with Gasteiger partial charge in [0.2, 0.25) is 0 Å². The lowest BCUT2D eigenvalue weighted by molar-refractivity contribution is -0.123. The van der Waals surface area contributed by atoms with Crippen molar-refractivity contribution in [3.63, 3.8) is 0 Å². The van der Waals surface area contributed by atoms with E-state index in [-0.39, 0.29) is 18.6 Å². The molecule has 0 saturated carbocycles. The summed E-state index contributed by atoms with van der Waals surface area (Å²) in [5.41, 5.74) is 0.943. The number of hydrogen-bond donors (Lipinski definition) is 1. The second kappa shape index (κ2) is 7.43. The summed E-state index contributed by atoms with van der Waals surface area (Å²) in [6.07, 6.45) is 3.42. The molecule has 0 aliphatic heterocycles. The number of benzene rings is 1. The maximum atomic E-state index is 11.9. The molecule has 2 rings (SSSR count). The van der Waals surface area contributed by atoms with Crippen molar-refractivity contribution < 1.29 is 9.53 Å². The summed E-state index contributed by atoms with van der Waals surface area (Å²) >= 11 is 9.18. The van der Waals surface area contributed by atoms with Crippen LogP contribution in [0.1, 0.15) is 18.5 Å². The van der Waals surface area contributed by atoms with Crippen LogP contribution in [-0.4, -0.2) is 17.5 Å². The molecule has 0 fully saturated rings. The van der Waals surface area contributed by atoms with E-state index in [9.17, 15) is 4.79 Å². The molecule has 1 N–H and O–H groups in total. The Balaban J connectivity index is 1.87. The van der Waals surface area contributed by atoms with Crippen LogP contribution in [0.2, 0.25) is 5.02 Å². The maximum absolute atomic E-state index is 11.9. The van der Waals surface area contributed by atoms with Crippen LogP contribution in [0.3, 0.4) is 0 Å². The average Bonchev–Trinajstić information content (AvgIpc) is 2.47. The van der Waals surface area contributed by atoms with E-state index in [1.165, 1.54) is 0 Å². The Kier molecular flexibility index (Phi) is 5.59. The van der Waals surface area contributed by atoms with Gasteiger partial charge in [0.15, 0.2) is 6.61 Å². The highest BCUT2D eigenvalue weighted by Crippen LogP contribution is 2.27. The second-order valence-corrected chi connectivity index (χ2v) is 5.73. The number of rotatable bonds is 5. The van der Waals surface area contributed by atoms with Crippen LogP contribution in [-0.2, 0) is 4.79 Å². The average molecular weight is 370 g/mol. The number of pyridine rings is 1. The molecule has 21 heavy (non-hydrogen) atoms. The van der Waals surface area contributed by atoms with Gasteiger partial charge < -0.3 is 10.1 Å². The van der Waals surface area contributed by atoms with Crippen molar-refractivity contribution in [2.75, 3.05) is 6.61 Å². The number of aromatic nitrogens is 1. The van der Waals surface area contributed by atoms with Gasteiger partial charge >= 0.3 is 0 Å². The third-order valence-electron chi connectivity index (χ3n) is 2.81. The number of carbonyl (C=O) groups is 1. The van der Waals surface area contributed by atoms with Gasteiger partial charge in [0.05, 0.1) is 10.5 Å². The molecular formula is C15H14BrClN2O2. The van der Waals surface area contributed by atoms with E-state index in [1.807, 2.05) is 19.1 Å². The van der Waals surface area contributed by atoms with Crippen molar-refractivity contribution in [3.05, 3.63) is 57.8 Å². The molecule has 1 aromatic carbocycles. The quantitative estimate of drug-likeness (QED) is 0.873. The van der Waals surface area contributed by atoms with E-state index < -0.39 is 0 Å². The fourth-order valence-corrected chi connectivity index (χ4v) is 2.53. The van der Waals surface area contributed by atoms with Crippen molar-refractivity contribution in [1.29, 1.82) is 0 Å². The number of halogens is 2. The predicted molar refractivity (Wildman–Crippen MR) is 85.4 cm³/mol. The first-order valence-corrected chi connectivity index (χ1v) is 7.50. The molecule has 0 spiro atoms. The highest BCUT2D eigenvalue weighted by Gasteiger charge is 2.11. The van der Waals surface area contributed by atoms with Gasteiger partial charge in [-0.15, -0.1) is 0 Å². The molecule has 2 aromatic rings. The van der Waals surface area contributed by atoms with E-state index >= 15 is 0 Å². The molecule has 1 amide bonds. The fraction of sp³-hybridized carbons (Fsp3) is 0.200. The van der Waals surface area contributed by atoms with Crippen molar-refractivity contribution >= 4 is 33.4 Å². The first-order chi connectivity index (χ1) is 10.1. The fourth-order valence-electron chi connectivity index (χ4n) is 1.73. The second-order valence-electron chi connectivity index (χ2n) is 4.44. The topological polar surface area (TPSA) is 51.2 Å². The first kappa shape index (κ1) is 15.8. The van der Waals surface area contributed by atoms with Crippen molar-refractivity contribution in [1.82, 2.24) is 10.3 Å². The monoisotopic (exact) mass is 368 g/mol. The summed E-state index contributed by atoms with van der Waals surface area (Å²) in [6.45, 7) is 1.83. The zero-order chi connectivity index (χ0) is 15.2. The normalized spacial score (nSPS) is 11.8. The van der Waals surface area contributed by atoms with Crippen LogP contribution in [0.15, 0.2) is 47.2 Å². The number of nitrogens with one attached hydrogen (secondary N) is 1. The molecule has 0 radical (unpaired) electrons. The Hall–Kier alpha value is -1.59. The third-order valence-corrected chi connectivity index (χ3v) is 3.67. The van der Waals surface area contributed by atoms with Gasteiger partial charge in [-0.2, -0.15) is 0 Å². The summed E-state index contributed by atoms with van der Waals surface area (Å²) in [4.78, 5) is 15.9. The molecular weight excluding hydrogens is 356 g/mol. The molecule has 0 bridgehead atoms. The molecule has 1 unspecified atom stereocenters. The van der Waals surface area contributed by atoms with E-state index in [2.05, 4.69) is 26.2 Å². The van der Waals surface area contributed by atoms with E-state index in [0.717, 1.165) is 5.56 Å². The summed E-state index contributed by atoms with van der Waals surface area (Å²) in [5.74, 6) is 0.372. The molecule has 1 heterocycles. The van der Waals surface area contributed by atoms with Gasteiger partial charge in [0, 0.05) is 17.4 Å². The SMILES string of the molecule is CC(NC(=O)COc1ccc(Cl)cc1Br)c1cccnc1. The number of nitrogens with zero attached hydrogens (tertiary/aromatic N) is 1. The third kappa shape index (κ3) is 4.72. The van der Waals surface area contributed by atoms with Crippen molar-refractivity contribution in [3.8, 4) is 5.75 Å². The van der Waals surface area contributed by atoms with E-state index in [0.29, 0.717) is 15.2 Å². The van der Waals surface area contributed by atoms with Crippen molar-refractivity contribution in [2.24, 2.45) is 0 Å². The van der Waals surface area contributed by atoms with Gasteiger partial charge in [-0.1, -0.05) is 17.7 Å². The van der Waals surface area contributed by atoms with Crippen LogP contribution >= 0.6 is 27.5 Å². The number of ether oxygens (including phenoxy) is 1. The Labute approximate surface area is 136 Å². The minimum absolute atomic E-state index is 0.0646. The lowest BCUT2D eigenvalue weighted by Gasteiger charge is -2.14. The zero-order valence-corrected chi connectivity index (χ0v) is 13.7. The number of amides is 1. The van der Waals surface area contributed by atoms with Gasteiger partial charge in [-0.25, -0.2) is 0 Å². The van der Waals surface area contributed by atoms with E-state index in [4.69, 9.17) is 16.3 Å². The Morgan fingerprint density at radius 1 is 1.48 bits per heavy atom. The molecule has 1 atom stereocenters. The molecule has 0 aliphatic rings. The summed E-state index contributed by atoms with van der Waals surface area (Å²) in [6, 6.07) is 8.76. The lowest BCUT2D eigenvalue weighted by atomic mass is 10.1. The van der Waals surface area contributed by atoms with Crippen LogP contribution in [0.5, 0.6) is 5.75 Å². The van der Waals surface area contributed by atoms with Crippen LogP contribution < -0.4 is 10.1 Å². The minimum Gasteiger partial charge on any atom is -0.483 e. The molecule has 110 valence electrons. The van der Waals surface area contributed by atoms with Crippen LogP contribution in [0, 0.1) is 0 Å². The molecule has 0 aliphatic carbocycles. The maximum Gasteiger partial charge on any atom is 0.258 e. The van der Waals surface area contributed by atoms with Gasteiger partial charge in [-0.05, 0) is 52.7 Å².